The lowest BCUT2D eigenvalue weighted by atomic mass is 10.1. The zero-order valence-electron chi connectivity index (χ0n) is 13.1. The van der Waals surface area contributed by atoms with Crippen LogP contribution in [0.1, 0.15) is 22.2 Å². The summed E-state index contributed by atoms with van der Waals surface area (Å²) in [7, 11) is 0. The van der Waals surface area contributed by atoms with Crippen LogP contribution >= 0.6 is 0 Å². The van der Waals surface area contributed by atoms with Gasteiger partial charge in [0.25, 0.3) is 0 Å². The van der Waals surface area contributed by atoms with Crippen molar-refractivity contribution in [2.45, 2.75) is 12.7 Å². The Morgan fingerprint density at radius 2 is 2.04 bits per heavy atom. The molecule has 1 N–H and O–H groups in total. The largest absolute Gasteiger partial charge is 0.477 e. The van der Waals surface area contributed by atoms with Crippen LogP contribution in [-0.4, -0.2) is 42.4 Å². The summed E-state index contributed by atoms with van der Waals surface area (Å²) in [5.74, 6) is -0.436. The molecule has 0 aliphatic carbocycles. The van der Waals surface area contributed by atoms with Gasteiger partial charge in [-0.3, -0.25) is 0 Å². The van der Waals surface area contributed by atoms with E-state index in [0.29, 0.717) is 25.5 Å². The number of carboxylic acids is 1. The van der Waals surface area contributed by atoms with E-state index in [1.165, 1.54) is 18.2 Å². The molecule has 132 valence electrons. The third-order valence-corrected chi connectivity index (χ3v) is 3.82. The normalized spacial score (nSPS) is 17.6. The Morgan fingerprint density at radius 1 is 1.28 bits per heavy atom. The maximum atomic E-state index is 12.2. The summed E-state index contributed by atoms with van der Waals surface area (Å²) in [6, 6.07) is 11.1. The highest BCUT2D eigenvalue weighted by Crippen LogP contribution is 2.27. The number of carbonyl (C=O) groups is 1. The van der Waals surface area contributed by atoms with E-state index < -0.39 is 12.6 Å². The van der Waals surface area contributed by atoms with E-state index in [4.69, 9.17) is 9.84 Å². The predicted octanol–water partition coefficient (Wildman–Crippen LogP) is 2.96. The number of nitrogens with zero attached hydrogens (tertiary/aromatic N) is 2. The van der Waals surface area contributed by atoms with Crippen LogP contribution in [0.2, 0.25) is 0 Å². The van der Waals surface area contributed by atoms with Crippen LogP contribution in [0.3, 0.4) is 0 Å². The molecule has 1 unspecified atom stereocenters. The molecule has 2 heterocycles. The summed E-state index contributed by atoms with van der Waals surface area (Å²) >= 11 is 0. The molecular formula is C17H16F2N2O4. The SMILES string of the molecule is O=C(O)c1cccc(N2CCOC(c3ccc(OC(F)F)cc3)C2)n1. The summed E-state index contributed by atoms with van der Waals surface area (Å²) < 4.78 is 34.5. The fourth-order valence-electron chi connectivity index (χ4n) is 2.64. The van der Waals surface area contributed by atoms with E-state index in [1.54, 1.807) is 24.3 Å². The van der Waals surface area contributed by atoms with E-state index >= 15 is 0 Å². The summed E-state index contributed by atoms with van der Waals surface area (Å²) in [5, 5.41) is 9.06. The number of rotatable bonds is 5. The monoisotopic (exact) mass is 350 g/mol. The van der Waals surface area contributed by atoms with Crippen LogP contribution in [-0.2, 0) is 4.74 Å². The lowest BCUT2D eigenvalue weighted by molar-refractivity contribution is -0.0498. The molecule has 6 nitrogen and oxygen atoms in total. The molecule has 1 atom stereocenters. The van der Waals surface area contributed by atoms with Gasteiger partial charge in [0.1, 0.15) is 17.7 Å². The highest BCUT2D eigenvalue weighted by Gasteiger charge is 2.23. The predicted molar refractivity (Wildman–Crippen MR) is 85.2 cm³/mol. The molecule has 1 aliphatic heterocycles. The van der Waals surface area contributed by atoms with Gasteiger partial charge in [-0.25, -0.2) is 9.78 Å². The van der Waals surface area contributed by atoms with Gasteiger partial charge >= 0.3 is 12.6 Å². The maximum absolute atomic E-state index is 12.2. The van der Waals surface area contributed by atoms with Gasteiger partial charge in [-0.1, -0.05) is 18.2 Å². The number of ether oxygens (including phenoxy) is 2. The van der Waals surface area contributed by atoms with Crippen molar-refractivity contribution in [3.05, 3.63) is 53.7 Å². The van der Waals surface area contributed by atoms with Gasteiger partial charge < -0.3 is 19.5 Å². The van der Waals surface area contributed by atoms with E-state index in [1.807, 2.05) is 4.90 Å². The fraction of sp³-hybridized carbons (Fsp3) is 0.294. The van der Waals surface area contributed by atoms with Crippen LogP contribution in [0.15, 0.2) is 42.5 Å². The highest BCUT2D eigenvalue weighted by atomic mass is 19.3. The second-order valence-corrected chi connectivity index (χ2v) is 5.44. The molecule has 1 aromatic heterocycles. The van der Waals surface area contributed by atoms with Gasteiger partial charge in [0.15, 0.2) is 5.69 Å². The number of pyridine rings is 1. The molecule has 0 radical (unpaired) electrons. The quantitative estimate of drug-likeness (QED) is 0.894. The fourth-order valence-corrected chi connectivity index (χ4v) is 2.64. The molecular weight excluding hydrogens is 334 g/mol. The van der Waals surface area contributed by atoms with Crippen molar-refractivity contribution >= 4 is 11.8 Å². The zero-order chi connectivity index (χ0) is 17.8. The summed E-state index contributed by atoms with van der Waals surface area (Å²) in [5.41, 5.74) is 0.801. The van der Waals surface area contributed by atoms with Crippen molar-refractivity contribution in [1.82, 2.24) is 4.98 Å². The van der Waals surface area contributed by atoms with Crippen molar-refractivity contribution in [1.29, 1.82) is 0 Å². The maximum Gasteiger partial charge on any atom is 0.387 e. The van der Waals surface area contributed by atoms with Gasteiger partial charge in [0, 0.05) is 13.1 Å². The standard InChI is InChI=1S/C17H16F2N2O4/c18-17(19)25-12-6-4-11(5-7-12)14-10-21(8-9-24-14)15-3-1-2-13(20-15)16(22)23/h1-7,14,17H,8-10H2,(H,22,23). The molecule has 8 heteroatoms. The molecule has 1 aromatic carbocycles. The first-order valence-electron chi connectivity index (χ1n) is 7.64. The molecule has 1 fully saturated rings. The number of anilines is 1. The third-order valence-electron chi connectivity index (χ3n) is 3.82. The molecule has 1 saturated heterocycles. The minimum Gasteiger partial charge on any atom is -0.477 e. The van der Waals surface area contributed by atoms with Crippen LogP contribution < -0.4 is 9.64 Å². The van der Waals surface area contributed by atoms with Gasteiger partial charge in [-0.15, -0.1) is 0 Å². The first-order valence-corrected chi connectivity index (χ1v) is 7.64. The van der Waals surface area contributed by atoms with Crippen LogP contribution in [0, 0.1) is 0 Å². The Hall–Kier alpha value is -2.74. The van der Waals surface area contributed by atoms with Gasteiger partial charge in [0.05, 0.1) is 6.61 Å². The van der Waals surface area contributed by atoms with Crippen LogP contribution in [0.5, 0.6) is 5.75 Å². The van der Waals surface area contributed by atoms with E-state index in [9.17, 15) is 13.6 Å². The number of aromatic nitrogens is 1. The number of aromatic carboxylic acids is 1. The minimum atomic E-state index is -2.86. The molecule has 1 aliphatic rings. The number of benzene rings is 1. The van der Waals surface area contributed by atoms with Crippen molar-refractivity contribution in [3.8, 4) is 5.75 Å². The average molecular weight is 350 g/mol. The van der Waals surface area contributed by atoms with Crippen LogP contribution in [0.4, 0.5) is 14.6 Å². The molecule has 25 heavy (non-hydrogen) atoms. The second-order valence-electron chi connectivity index (χ2n) is 5.44. The van der Waals surface area contributed by atoms with Crippen molar-refractivity contribution in [2.24, 2.45) is 0 Å². The summed E-state index contributed by atoms with van der Waals surface area (Å²) in [4.78, 5) is 17.1. The Morgan fingerprint density at radius 3 is 2.72 bits per heavy atom. The highest BCUT2D eigenvalue weighted by molar-refractivity contribution is 5.85. The summed E-state index contributed by atoms with van der Waals surface area (Å²) in [6.45, 7) is -1.36. The topological polar surface area (TPSA) is 71.9 Å². The van der Waals surface area contributed by atoms with Crippen molar-refractivity contribution in [3.63, 3.8) is 0 Å². The van der Waals surface area contributed by atoms with Gasteiger partial charge in [0.2, 0.25) is 0 Å². The Kier molecular flexibility index (Phi) is 5.08. The van der Waals surface area contributed by atoms with Gasteiger partial charge in [-0.05, 0) is 29.8 Å². The molecule has 3 rings (SSSR count). The molecule has 0 bridgehead atoms. The third kappa shape index (κ3) is 4.21. The summed E-state index contributed by atoms with van der Waals surface area (Å²) in [6.07, 6.45) is -0.273. The molecule has 0 spiro atoms. The van der Waals surface area contributed by atoms with E-state index in [2.05, 4.69) is 9.72 Å². The number of morpholine rings is 1. The lowest BCUT2D eigenvalue weighted by Crippen LogP contribution is -2.39. The number of carboxylic acid groups (broad SMARTS) is 1. The van der Waals surface area contributed by atoms with Crippen molar-refractivity contribution < 1.29 is 28.2 Å². The minimum absolute atomic E-state index is 0.0194. The Balaban J connectivity index is 1.72. The smallest absolute Gasteiger partial charge is 0.387 e. The number of halogens is 2. The van der Waals surface area contributed by atoms with E-state index in [-0.39, 0.29) is 17.5 Å². The lowest BCUT2D eigenvalue weighted by Gasteiger charge is -2.34. The number of hydrogen-bond acceptors (Lipinski definition) is 5. The van der Waals surface area contributed by atoms with Crippen LogP contribution in [0.25, 0.3) is 0 Å². The zero-order valence-corrected chi connectivity index (χ0v) is 13.1. The van der Waals surface area contributed by atoms with Crippen molar-refractivity contribution in [2.75, 3.05) is 24.6 Å². The number of hydrogen-bond donors (Lipinski definition) is 1. The first kappa shape index (κ1) is 17.1. The molecule has 0 amide bonds. The second kappa shape index (κ2) is 7.43. The Bertz CT molecular complexity index is 740. The molecule has 2 aromatic rings. The average Bonchev–Trinajstić information content (AvgIpc) is 2.62. The number of alkyl halides is 2. The van der Waals surface area contributed by atoms with Gasteiger partial charge in [-0.2, -0.15) is 8.78 Å². The first-order chi connectivity index (χ1) is 12.0. The Labute approximate surface area is 142 Å². The molecule has 0 saturated carbocycles. The van der Waals surface area contributed by atoms with E-state index in [0.717, 1.165) is 5.56 Å².